The van der Waals surface area contributed by atoms with E-state index in [0.29, 0.717) is 37.8 Å². The average molecular weight is 484 g/mol. The predicted molar refractivity (Wildman–Crippen MR) is 120 cm³/mol. The summed E-state index contributed by atoms with van der Waals surface area (Å²) in [6.07, 6.45) is -3.44. The number of nitrogens with one attached hydrogen (secondary N) is 1. The summed E-state index contributed by atoms with van der Waals surface area (Å²) < 4.78 is 49.3. The normalized spacial score (nSPS) is 14.2. The monoisotopic (exact) mass is 484 g/mol. The van der Waals surface area contributed by atoms with E-state index in [9.17, 15) is 18.0 Å². The highest BCUT2D eigenvalue weighted by molar-refractivity contribution is 6.02. The number of aromatic nitrogens is 4. The second-order valence-corrected chi connectivity index (χ2v) is 7.61. The number of hydrogen-bond acceptors (Lipinski definition) is 7. The van der Waals surface area contributed by atoms with Crippen LogP contribution in [-0.4, -0.2) is 58.2 Å². The van der Waals surface area contributed by atoms with Gasteiger partial charge in [0.25, 0.3) is 5.91 Å². The lowest BCUT2D eigenvalue weighted by atomic mass is 10.1. The molecule has 4 aromatic rings. The summed E-state index contributed by atoms with van der Waals surface area (Å²) in [5.41, 5.74) is 0.938. The van der Waals surface area contributed by atoms with Gasteiger partial charge in [0.1, 0.15) is 17.3 Å². The molecular weight excluding hydrogens is 465 g/mol. The van der Waals surface area contributed by atoms with Crippen LogP contribution in [0.3, 0.4) is 0 Å². The number of amides is 1. The molecule has 5 rings (SSSR count). The summed E-state index contributed by atoms with van der Waals surface area (Å²) in [5.74, 6) is 0.0389. The Kier molecular flexibility index (Phi) is 5.95. The van der Waals surface area contributed by atoms with Gasteiger partial charge in [0.05, 0.1) is 25.1 Å². The van der Waals surface area contributed by atoms with Gasteiger partial charge in [0.2, 0.25) is 0 Å². The third kappa shape index (κ3) is 5.01. The van der Waals surface area contributed by atoms with Crippen LogP contribution in [-0.2, 0) is 4.74 Å². The Morgan fingerprint density at radius 3 is 2.63 bits per heavy atom. The van der Waals surface area contributed by atoms with Crippen LogP contribution in [0.5, 0.6) is 5.75 Å². The Morgan fingerprint density at radius 1 is 1.03 bits per heavy atom. The third-order valence-corrected chi connectivity index (χ3v) is 5.29. The van der Waals surface area contributed by atoms with Gasteiger partial charge in [-0.3, -0.25) is 4.79 Å². The first-order chi connectivity index (χ1) is 16.9. The van der Waals surface area contributed by atoms with Crippen LogP contribution in [0, 0.1) is 0 Å². The van der Waals surface area contributed by atoms with E-state index in [1.807, 2.05) is 11.0 Å². The van der Waals surface area contributed by atoms with E-state index in [0.717, 1.165) is 0 Å². The van der Waals surface area contributed by atoms with Crippen LogP contribution >= 0.6 is 0 Å². The fourth-order valence-electron chi connectivity index (χ4n) is 3.69. The molecular formula is C23H19F3N6O3. The van der Waals surface area contributed by atoms with Crippen molar-refractivity contribution in [1.29, 1.82) is 0 Å². The fourth-order valence-corrected chi connectivity index (χ4v) is 3.69. The lowest BCUT2D eigenvalue weighted by Crippen LogP contribution is -2.37. The maximum atomic E-state index is 12.9. The van der Waals surface area contributed by atoms with E-state index in [-0.39, 0.29) is 28.5 Å². The van der Waals surface area contributed by atoms with Gasteiger partial charge in [0, 0.05) is 18.7 Å². The molecule has 3 aromatic heterocycles. The van der Waals surface area contributed by atoms with Crippen molar-refractivity contribution in [3.63, 3.8) is 0 Å². The second-order valence-electron chi connectivity index (χ2n) is 7.61. The molecule has 1 saturated heterocycles. The van der Waals surface area contributed by atoms with E-state index < -0.39 is 12.3 Å². The summed E-state index contributed by atoms with van der Waals surface area (Å²) in [6.45, 7) is 2.53. The molecule has 0 spiro atoms. The molecule has 35 heavy (non-hydrogen) atoms. The Labute approximate surface area is 197 Å². The first-order valence-corrected chi connectivity index (χ1v) is 10.7. The molecule has 1 aromatic carbocycles. The van der Waals surface area contributed by atoms with Gasteiger partial charge in [-0.05, 0) is 36.4 Å². The number of pyridine rings is 1. The minimum atomic E-state index is -4.85. The summed E-state index contributed by atoms with van der Waals surface area (Å²) in [6, 6.07) is 14.0. The summed E-state index contributed by atoms with van der Waals surface area (Å²) in [5, 5.41) is 7.11. The van der Waals surface area contributed by atoms with Gasteiger partial charge in [-0.1, -0.05) is 18.2 Å². The van der Waals surface area contributed by atoms with Gasteiger partial charge in [-0.2, -0.15) is 9.61 Å². The Balaban J connectivity index is 1.42. The molecule has 0 bridgehead atoms. The number of carbonyl (C=O) groups is 1. The maximum Gasteiger partial charge on any atom is 0.573 e. The first kappa shape index (κ1) is 22.6. The number of halogens is 3. The van der Waals surface area contributed by atoms with Gasteiger partial charge < -0.3 is 19.7 Å². The van der Waals surface area contributed by atoms with Crippen molar-refractivity contribution in [2.45, 2.75) is 6.36 Å². The number of carbonyl (C=O) groups excluding carboxylic acids is 1. The Bertz CT molecular complexity index is 1370. The van der Waals surface area contributed by atoms with Crippen LogP contribution in [0.1, 0.15) is 10.5 Å². The third-order valence-electron chi connectivity index (χ3n) is 5.29. The standard InChI is InChI=1S/C23H19F3N6O3/c24-23(25,26)35-18-6-2-1-4-15(18)16-8-9-19-27-14-21(32(19)30-16)29-22(33)17-5-3-7-20(28-17)31-10-12-34-13-11-31/h1-9,14H,10-13H2,(H,29,33). The first-order valence-electron chi connectivity index (χ1n) is 10.7. The molecule has 12 heteroatoms. The van der Waals surface area contributed by atoms with Crippen molar-refractivity contribution in [3.05, 3.63) is 66.5 Å². The minimum absolute atomic E-state index is 0.137. The molecule has 1 fully saturated rings. The summed E-state index contributed by atoms with van der Waals surface area (Å²) in [4.78, 5) is 23.6. The van der Waals surface area contributed by atoms with E-state index in [2.05, 4.69) is 25.1 Å². The predicted octanol–water partition coefficient (Wildman–Crippen LogP) is 3.78. The number of nitrogens with zero attached hydrogens (tertiary/aromatic N) is 5. The largest absolute Gasteiger partial charge is 0.573 e. The average Bonchev–Trinajstić information content (AvgIpc) is 3.26. The van der Waals surface area contributed by atoms with Gasteiger partial charge >= 0.3 is 6.36 Å². The zero-order valence-electron chi connectivity index (χ0n) is 18.2. The topological polar surface area (TPSA) is 93.9 Å². The molecule has 0 saturated carbocycles. The number of morpholine rings is 1. The lowest BCUT2D eigenvalue weighted by molar-refractivity contribution is -0.274. The van der Waals surface area contributed by atoms with Crippen molar-refractivity contribution < 1.29 is 27.4 Å². The second kappa shape index (κ2) is 9.22. The number of fused-ring (bicyclic) bond motifs is 1. The van der Waals surface area contributed by atoms with E-state index in [1.165, 1.54) is 35.0 Å². The molecule has 1 N–H and O–H groups in total. The van der Waals surface area contributed by atoms with Crippen LogP contribution < -0.4 is 15.0 Å². The quantitative estimate of drug-likeness (QED) is 0.461. The van der Waals surface area contributed by atoms with Crippen molar-refractivity contribution in [3.8, 4) is 17.0 Å². The van der Waals surface area contributed by atoms with Crippen LogP contribution in [0.2, 0.25) is 0 Å². The number of imidazole rings is 1. The van der Waals surface area contributed by atoms with Gasteiger partial charge in [-0.15, -0.1) is 13.2 Å². The Hall–Kier alpha value is -4.19. The summed E-state index contributed by atoms with van der Waals surface area (Å²) in [7, 11) is 0. The SMILES string of the molecule is O=C(Nc1cnc2ccc(-c3ccccc3OC(F)(F)F)nn12)c1cccc(N2CCOCC2)n1. The number of anilines is 2. The van der Waals surface area contributed by atoms with Crippen LogP contribution in [0.25, 0.3) is 16.9 Å². The summed E-state index contributed by atoms with van der Waals surface area (Å²) >= 11 is 0. The molecule has 0 aliphatic carbocycles. The van der Waals surface area contributed by atoms with Gasteiger partial charge in [0.15, 0.2) is 11.5 Å². The van der Waals surface area contributed by atoms with E-state index >= 15 is 0 Å². The maximum absolute atomic E-state index is 12.9. The zero-order chi connectivity index (χ0) is 24.4. The zero-order valence-corrected chi connectivity index (χ0v) is 18.2. The van der Waals surface area contributed by atoms with Crippen molar-refractivity contribution >= 4 is 23.2 Å². The number of alkyl halides is 3. The molecule has 0 radical (unpaired) electrons. The number of rotatable bonds is 5. The van der Waals surface area contributed by atoms with Crippen molar-refractivity contribution in [2.75, 3.05) is 36.5 Å². The number of ether oxygens (including phenoxy) is 2. The highest BCUT2D eigenvalue weighted by Crippen LogP contribution is 2.33. The number of benzene rings is 1. The smallest absolute Gasteiger partial charge is 0.405 e. The molecule has 1 aliphatic heterocycles. The van der Waals surface area contributed by atoms with Crippen molar-refractivity contribution in [2.24, 2.45) is 0 Å². The molecule has 4 heterocycles. The Morgan fingerprint density at radius 2 is 1.83 bits per heavy atom. The van der Waals surface area contributed by atoms with Crippen molar-refractivity contribution in [1.82, 2.24) is 19.6 Å². The molecule has 0 atom stereocenters. The number of para-hydroxylation sites is 1. The highest BCUT2D eigenvalue weighted by atomic mass is 19.4. The molecule has 0 unspecified atom stereocenters. The molecule has 180 valence electrons. The minimum Gasteiger partial charge on any atom is -0.405 e. The van der Waals surface area contributed by atoms with Gasteiger partial charge in [-0.25, -0.2) is 9.97 Å². The van der Waals surface area contributed by atoms with Crippen LogP contribution in [0.4, 0.5) is 24.8 Å². The molecule has 9 nitrogen and oxygen atoms in total. The fraction of sp³-hybridized carbons (Fsp3) is 0.217. The molecule has 1 amide bonds. The molecule has 1 aliphatic rings. The van der Waals surface area contributed by atoms with E-state index in [4.69, 9.17) is 4.74 Å². The lowest BCUT2D eigenvalue weighted by Gasteiger charge is -2.27. The number of hydrogen-bond donors (Lipinski definition) is 1. The highest BCUT2D eigenvalue weighted by Gasteiger charge is 2.32. The van der Waals surface area contributed by atoms with Crippen LogP contribution in [0.15, 0.2) is 60.8 Å². The van der Waals surface area contributed by atoms with E-state index in [1.54, 1.807) is 24.3 Å².